The van der Waals surface area contributed by atoms with Gasteiger partial charge in [-0.3, -0.25) is 0 Å². The maximum atomic E-state index is 9.67. The van der Waals surface area contributed by atoms with Gasteiger partial charge >= 0.3 is 32.2 Å². The minimum atomic E-state index is -3.67. The van der Waals surface area contributed by atoms with Crippen molar-refractivity contribution >= 4 is 10.5 Å². The van der Waals surface area contributed by atoms with E-state index in [1.807, 2.05) is 0 Å². The number of hydrogen-bond acceptors (Lipinski definition) is 2. The number of hydrogen-bond donors (Lipinski definition) is 0. The van der Waals surface area contributed by atoms with Gasteiger partial charge in [-0.15, -0.1) is 0 Å². The number of rotatable bonds is 0. The average Bonchev–Trinajstić information content (AvgIpc) is 1.54. The quantitative estimate of drug-likeness (QED) is 0.391. The SMILES string of the molecule is FC(F)F.FC(F)F.[Li+].[N-]=S(=O)=O. The molecule has 0 unspecified atom stereocenters. The maximum absolute atomic E-state index is 9.67. The molecule has 0 aliphatic heterocycles. The van der Waals surface area contributed by atoms with Crippen LogP contribution in [0.25, 0.3) is 4.78 Å². The van der Waals surface area contributed by atoms with E-state index in [-0.39, 0.29) is 18.9 Å². The standard InChI is InChI=1S/2CHF3.Li.NO2S/c2*2-1(3)4;;1-4(2)3/h2*1H;;/q;;+1;-1. The molecule has 0 rings (SSSR count). The fraction of sp³-hybridized carbons (Fsp3) is 1.00. The molecule has 0 aromatic heterocycles. The second-order valence-electron chi connectivity index (χ2n) is 0.712. The molecule has 0 aliphatic rings. The smallest absolute Gasteiger partial charge is 0.686 e. The van der Waals surface area contributed by atoms with Crippen LogP contribution < -0.4 is 18.9 Å². The van der Waals surface area contributed by atoms with Crippen molar-refractivity contribution in [1.29, 1.82) is 0 Å². The Hall–Kier alpha value is -0.203. The van der Waals surface area contributed by atoms with Crippen molar-refractivity contribution in [2.45, 2.75) is 13.4 Å². The van der Waals surface area contributed by atoms with Gasteiger partial charge in [-0.05, 0) is 0 Å². The van der Waals surface area contributed by atoms with Gasteiger partial charge in [0.2, 0.25) is 0 Å². The molecule has 3 nitrogen and oxygen atoms in total. The van der Waals surface area contributed by atoms with Gasteiger partial charge in [0.15, 0.2) is 0 Å². The fourth-order valence-corrected chi connectivity index (χ4v) is 0. The van der Waals surface area contributed by atoms with Crippen molar-refractivity contribution in [3.05, 3.63) is 4.78 Å². The van der Waals surface area contributed by atoms with E-state index in [9.17, 15) is 26.3 Å². The summed E-state index contributed by atoms with van der Waals surface area (Å²) in [4.78, 5) is 0. The summed E-state index contributed by atoms with van der Waals surface area (Å²) < 4.78 is 82.1. The Bertz CT molecular complexity index is 150. The van der Waals surface area contributed by atoms with E-state index in [1.165, 1.54) is 0 Å². The third-order valence-corrected chi connectivity index (χ3v) is 0. The van der Waals surface area contributed by atoms with Crippen molar-refractivity contribution in [2.75, 3.05) is 0 Å². The first-order chi connectivity index (χ1) is 5.20. The van der Waals surface area contributed by atoms with E-state index < -0.39 is 23.9 Å². The van der Waals surface area contributed by atoms with Crippen LogP contribution in [0.5, 0.6) is 0 Å². The first-order valence-corrected chi connectivity index (χ1v) is 2.86. The summed E-state index contributed by atoms with van der Waals surface area (Å²) in [7, 11) is -2.86. The second kappa shape index (κ2) is 17.8. The molecule has 0 aromatic rings. The molecule has 0 bridgehead atoms. The molecule has 0 heterocycles. The molecule has 0 saturated heterocycles. The first-order valence-electron chi connectivity index (χ1n) is 1.83. The van der Waals surface area contributed by atoms with Crippen molar-refractivity contribution in [3.63, 3.8) is 0 Å². The molecule has 0 amide bonds. The zero-order chi connectivity index (χ0) is 10.7. The van der Waals surface area contributed by atoms with Crippen LogP contribution in [0.3, 0.4) is 0 Å². The van der Waals surface area contributed by atoms with Gasteiger partial charge < -0.3 is 4.78 Å². The van der Waals surface area contributed by atoms with Gasteiger partial charge in [0, 0.05) is 0 Å². The third kappa shape index (κ3) is 27600. The van der Waals surface area contributed by atoms with Crippen LogP contribution in [0, 0.1) is 0 Å². The monoisotopic (exact) mass is 225 g/mol. The molecular weight excluding hydrogens is 223 g/mol. The molecule has 13 heavy (non-hydrogen) atoms. The van der Waals surface area contributed by atoms with Crippen LogP contribution in [0.15, 0.2) is 0 Å². The summed E-state index contributed by atoms with van der Waals surface area (Å²) in [5.41, 5.74) is 0. The Kier molecular flexibility index (Phi) is 31.5. The van der Waals surface area contributed by atoms with Crippen LogP contribution in [0.1, 0.15) is 0 Å². The average molecular weight is 225 g/mol. The van der Waals surface area contributed by atoms with Crippen LogP contribution in [-0.2, 0) is 10.5 Å². The van der Waals surface area contributed by atoms with E-state index in [2.05, 4.69) is 0 Å². The molecule has 0 aromatic carbocycles. The number of alkyl halides is 6. The fourth-order valence-electron chi connectivity index (χ4n) is 0. The Balaban J connectivity index is -0.0000000450. The van der Waals surface area contributed by atoms with Crippen molar-refractivity contribution in [2.24, 2.45) is 0 Å². The molecule has 11 heteroatoms. The molecule has 0 aliphatic carbocycles. The normalized spacial score (nSPS) is 7.38. The summed E-state index contributed by atoms with van der Waals surface area (Å²) >= 11 is 0. The Morgan fingerprint density at radius 1 is 0.846 bits per heavy atom. The maximum Gasteiger partial charge on any atom is 1.00 e. The number of halogens is 6. The molecular formula is C2H2F6LiNO2S. The third-order valence-electron chi connectivity index (χ3n) is 0. The van der Waals surface area contributed by atoms with Gasteiger partial charge in [-0.25, -0.2) is 8.42 Å². The summed E-state index contributed by atoms with van der Waals surface area (Å²) in [5, 5.41) is 0. The van der Waals surface area contributed by atoms with Crippen LogP contribution in [0.2, 0.25) is 0 Å². The minimum Gasteiger partial charge on any atom is -0.686 e. The van der Waals surface area contributed by atoms with E-state index in [1.54, 1.807) is 0 Å². The zero-order valence-corrected chi connectivity index (χ0v) is 6.91. The van der Waals surface area contributed by atoms with Gasteiger partial charge in [-0.2, -0.15) is 26.3 Å². The summed E-state index contributed by atoms with van der Waals surface area (Å²) in [6.45, 7) is -7.33. The van der Waals surface area contributed by atoms with E-state index >= 15 is 0 Å². The van der Waals surface area contributed by atoms with Crippen LogP contribution in [-0.4, -0.2) is 21.8 Å². The molecule has 0 spiro atoms. The van der Waals surface area contributed by atoms with Gasteiger partial charge in [0.1, 0.15) is 10.5 Å². The van der Waals surface area contributed by atoms with Gasteiger partial charge in [0.25, 0.3) is 0 Å². The topological polar surface area (TPSA) is 56.4 Å². The van der Waals surface area contributed by atoms with Gasteiger partial charge in [-0.1, -0.05) is 0 Å². The molecule has 0 fully saturated rings. The van der Waals surface area contributed by atoms with E-state index in [0.29, 0.717) is 0 Å². The first kappa shape index (κ1) is 23.0. The summed E-state index contributed by atoms with van der Waals surface area (Å²) in [5.74, 6) is 0. The Morgan fingerprint density at radius 3 is 0.846 bits per heavy atom. The van der Waals surface area contributed by atoms with Crippen molar-refractivity contribution < 1.29 is 53.6 Å². The zero-order valence-electron chi connectivity index (χ0n) is 6.09. The molecule has 76 valence electrons. The van der Waals surface area contributed by atoms with Crippen LogP contribution in [0.4, 0.5) is 26.3 Å². The van der Waals surface area contributed by atoms with Crippen molar-refractivity contribution in [3.8, 4) is 0 Å². The summed E-state index contributed by atoms with van der Waals surface area (Å²) in [6.07, 6.45) is 0. The Labute approximate surface area is 82.8 Å². The molecule has 0 atom stereocenters. The van der Waals surface area contributed by atoms with Crippen LogP contribution >= 0.6 is 0 Å². The molecule has 0 saturated carbocycles. The predicted molar refractivity (Wildman–Crippen MR) is 26.5 cm³/mol. The predicted octanol–water partition coefficient (Wildman–Crippen LogP) is -1.02. The Morgan fingerprint density at radius 2 is 0.846 bits per heavy atom. The number of nitrogens with zero attached hydrogens (tertiary/aromatic N) is 1. The van der Waals surface area contributed by atoms with Crippen molar-refractivity contribution in [1.82, 2.24) is 0 Å². The molecule has 0 N–H and O–H groups in total. The van der Waals surface area contributed by atoms with E-state index in [4.69, 9.17) is 13.2 Å². The molecule has 0 radical (unpaired) electrons. The largest absolute Gasteiger partial charge is 1.00 e. The second-order valence-corrected chi connectivity index (χ2v) is 1.15. The minimum absolute atomic E-state index is 0. The van der Waals surface area contributed by atoms with Gasteiger partial charge in [0.05, 0.1) is 0 Å². The summed E-state index contributed by atoms with van der Waals surface area (Å²) in [6, 6.07) is 0. The van der Waals surface area contributed by atoms with E-state index in [0.717, 1.165) is 0 Å².